The molecule has 1 aromatic carbocycles. The van der Waals surface area contributed by atoms with Gasteiger partial charge in [-0.1, -0.05) is 44.0 Å². The highest BCUT2D eigenvalue weighted by molar-refractivity contribution is 5.24. The largest absolute Gasteiger partial charge is 0.386 e. The molecule has 0 spiro atoms. The van der Waals surface area contributed by atoms with Crippen molar-refractivity contribution >= 4 is 0 Å². The highest BCUT2D eigenvalue weighted by Gasteiger charge is 2.17. The molecule has 94 valence electrons. The summed E-state index contributed by atoms with van der Waals surface area (Å²) in [4.78, 5) is 0. The molecule has 0 aromatic heterocycles. The van der Waals surface area contributed by atoms with E-state index in [0.717, 1.165) is 24.8 Å². The van der Waals surface area contributed by atoms with Crippen LogP contribution in [0.3, 0.4) is 0 Å². The third-order valence-corrected chi connectivity index (χ3v) is 3.56. The second-order valence-electron chi connectivity index (χ2n) is 4.85. The van der Waals surface area contributed by atoms with Gasteiger partial charge in [0.1, 0.15) is 6.10 Å². The molecule has 1 atom stereocenters. The van der Waals surface area contributed by atoms with E-state index in [9.17, 15) is 5.11 Å². The summed E-state index contributed by atoms with van der Waals surface area (Å²) in [6.07, 6.45) is 5.77. The van der Waals surface area contributed by atoms with Crippen LogP contribution in [-0.4, -0.2) is 17.8 Å². The molecule has 0 amide bonds. The van der Waals surface area contributed by atoms with Crippen LogP contribution in [0.1, 0.15) is 49.8 Å². The zero-order chi connectivity index (χ0) is 12.1. The first-order valence-corrected chi connectivity index (χ1v) is 6.68. The van der Waals surface area contributed by atoms with Crippen LogP contribution in [0, 0.1) is 0 Å². The second-order valence-corrected chi connectivity index (χ2v) is 4.85. The number of benzene rings is 1. The number of aryl methyl sites for hydroxylation is 1. The third kappa shape index (κ3) is 3.55. The minimum Gasteiger partial charge on any atom is -0.386 e. The molecule has 0 radical (unpaired) electrons. The molecule has 2 nitrogen and oxygen atoms in total. The van der Waals surface area contributed by atoms with Crippen molar-refractivity contribution in [1.82, 2.24) is 0 Å². The number of aliphatic hydroxyl groups is 1. The van der Waals surface area contributed by atoms with Crippen LogP contribution in [0.25, 0.3) is 0 Å². The summed E-state index contributed by atoms with van der Waals surface area (Å²) in [5.41, 5.74) is 2.26. The van der Waals surface area contributed by atoms with Gasteiger partial charge < -0.3 is 9.84 Å². The Balaban J connectivity index is 1.83. The zero-order valence-corrected chi connectivity index (χ0v) is 10.6. The highest BCUT2D eigenvalue weighted by Crippen LogP contribution is 2.23. The molecule has 0 saturated heterocycles. The molecule has 1 fully saturated rings. The molecule has 1 unspecified atom stereocenters. The van der Waals surface area contributed by atoms with Crippen LogP contribution < -0.4 is 0 Å². The maximum atomic E-state index is 10.0. The SMILES string of the molecule is CCc1ccc(C(O)COC2CCCC2)cc1. The molecule has 1 N–H and O–H groups in total. The molecule has 17 heavy (non-hydrogen) atoms. The van der Waals surface area contributed by atoms with Gasteiger partial charge in [-0.3, -0.25) is 0 Å². The van der Waals surface area contributed by atoms with Gasteiger partial charge in [0, 0.05) is 0 Å². The predicted molar refractivity (Wildman–Crippen MR) is 69.0 cm³/mol. The average Bonchev–Trinajstić information content (AvgIpc) is 2.89. The topological polar surface area (TPSA) is 29.5 Å². The summed E-state index contributed by atoms with van der Waals surface area (Å²) in [6.45, 7) is 2.56. The van der Waals surface area contributed by atoms with E-state index in [0.29, 0.717) is 12.7 Å². The first-order chi connectivity index (χ1) is 8.29. The van der Waals surface area contributed by atoms with Gasteiger partial charge in [-0.25, -0.2) is 0 Å². The monoisotopic (exact) mass is 234 g/mol. The van der Waals surface area contributed by atoms with Crippen LogP contribution in [0.2, 0.25) is 0 Å². The first kappa shape index (κ1) is 12.6. The Morgan fingerprint density at radius 1 is 1.24 bits per heavy atom. The average molecular weight is 234 g/mol. The quantitative estimate of drug-likeness (QED) is 0.847. The minimum atomic E-state index is -0.485. The highest BCUT2D eigenvalue weighted by atomic mass is 16.5. The van der Waals surface area contributed by atoms with Crippen LogP contribution in [0.15, 0.2) is 24.3 Å². The Kier molecular flexibility index (Phi) is 4.57. The van der Waals surface area contributed by atoms with Gasteiger partial charge in [-0.15, -0.1) is 0 Å². The summed E-state index contributed by atoms with van der Waals surface area (Å²) in [5, 5.41) is 10.0. The summed E-state index contributed by atoms with van der Waals surface area (Å²) in [7, 11) is 0. The standard InChI is InChI=1S/C15H22O2/c1-2-12-7-9-13(10-8-12)15(16)11-17-14-5-3-4-6-14/h7-10,14-16H,2-6,11H2,1H3. The predicted octanol–water partition coefficient (Wildman–Crippen LogP) is 3.24. The molecule has 0 heterocycles. The van der Waals surface area contributed by atoms with Crippen molar-refractivity contribution in [1.29, 1.82) is 0 Å². The number of rotatable bonds is 5. The maximum Gasteiger partial charge on any atom is 0.102 e. The van der Waals surface area contributed by atoms with Crippen LogP contribution >= 0.6 is 0 Å². The van der Waals surface area contributed by atoms with Gasteiger partial charge in [-0.05, 0) is 30.4 Å². The van der Waals surface area contributed by atoms with Gasteiger partial charge in [0.15, 0.2) is 0 Å². The molecular formula is C15H22O2. The Morgan fingerprint density at radius 2 is 1.88 bits per heavy atom. The summed E-state index contributed by atoms with van der Waals surface area (Å²) in [5.74, 6) is 0. The van der Waals surface area contributed by atoms with Crippen molar-refractivity contribution in [3.8, 4) is 0 Å². The molecule has 2 heteroatoms. The van der Waals surface area contributed by atoms with Crippen molar-refractivity contribution in [3.05, 3.63) is 35.4 Å². The lowest BCUT2D eigenvalue weighted by Gasteiger charge is -2.16. The lowest BCUT2D eigenvalue weighted by molar-refractivity contribution is -0.00699. The van der Waals surface area contributed by atoms with Gasteiger partial charge in [0.2, 0.25) is 0 Å². The summed E-state index contributed by atoms with van der Waals surface area (Å²) < 4.78 is 5.73. The van der Waals surface area contributed by atoms with E-state index >= 15 is 0 Å². The molecule has 0 aliphatic heterocycles. The molecule has 1 aromatic rings. The maximum absolute atomic E-state index is 10.0. The number of ether oxygens (including phenoxy) is 1. The van der Waals surface area contributed by atoms with Gasteiger partial charge in [-0.2, -0.15) is 0 Å². The Morgan fingerprint density at radius 3 is 2.47 bits per heavy atom. The fourth-order valence-corrected chi connectivity index (χ4v) is 2.35. The first-order valence-electron chi connectivity index (χ1n) is 6.68. The second kappa shape index (κ2) is 6.18. The Bertz CT molecular complexity index is 325. The molecule has 1 aliphatic carbocycles. The number of hydrogen-bond donors (Lipinski definition) is 1. The van der Waals surface area contributed by atoms with Crippen molar-refractivity contribution in [2.75, 3.05) is 6.61 Å². The molecule has 2 rings (SSSR count). The number of hydrogen-bond acceptors (Lipinski definition) is 2. The lowest BCUT2D eigenvalue weighted by Crippen LogP contribution is -2.14. The third-order valence-electron chi connectivity index (χ3n) is 3.56. The molecular weight excluding hydrogens is 212 g/mol. The van der Waals surface area contributed by atoms with Gasteiger partial charge in [0.05, 0.1) is 12.7 Å². The van der Waals surface area contributed by atoms with Gasteiger partial charge >= 0.3 is 0 Å². The van der Waals surface area contributed by atoms with Crippen LogP contribution in [0.4, 0.5) is 0 Å². The van der Waals surface area contributed by atoms with E-state index in [1.54, 1.807) is 0 Å². The van der Waals surface area contributed by atoms with Gasteiger partial charge in [0.25, 0.3) is 0 Å². The van der Waals surface area contributed by atoms with Crippen molar-refractivity contribution in [2.45, 2.75) is 51.2 Å². The normalized spacial score (nSPS) is 18.5. The summed E-state index contributed by atoms with van der Waals surface area (Å²) >= 11 is 0. The lowest BCUT2D eigenvalue weighted by atomic mass is 10.1. The zero-order valence-electron chi connectivity index (χ0n) is 10.6. The van der Waals surface area contributed by atoms with E-state index in [2.05, 4.69) is 19.1 Å². The molecule has 1 saturated carbocycles. The van der Waals surface area contributed by atoms with E-state index in [4.69, 9.17) is 4.74 Å². The molecule has 0 bridgehead atoms. The van der Waals surface area contributed by atoms with E-state index in [1.165, 1.54) is 18.4 Å². The van der Waals surface area contributed by atoms with Crippen molar-refractivity contribution < 1.29 is 9.84 Å². The Hall–Kier alpha value is -0.860. The van der Waals surface area contributed by atoms with Crippen molar-refractivity contribution in [2.24, 2.45) is 0 Å². The van der Waals surface area contributed by atoms with Crippen LogP contribution in [-0.2, 0) is 11.2 Å². The number of aliphatic hydroxyl groups excluding tert-OH is 1. The van der Waals surface area contributed by atoms with E-state index in [1.807, 2.05) is 12.1 Å². The van der Waals surface area contributed by atoms with Crippen LogP contribution in [0.5, 0.6) is 0 Å². The van der Waals surface area contributed by atoms with E-state index < -0.39 is 6.10 Å². The molecule has 1 aliphatic rings. The summed E-state index contributed by atoms with van der Waals surface area (Å²) in [6, 6.07) is 8.16. The fourth-order valence-electron chi connectivity index (χ4n) is 2.35. The van der Waals surface area contributed by atoms with E-state index in [-0.39, 0.29) is 0 Å². The fraction of sp³-hybridized carbons (Fsp3) is 0.600. The Labute approximate surface area is 104 Å². The minimum absolute atomic E-state index is 0.375. The smallest absolute Gasteiger partial charge is 0.102 e. The van der Waals surface area contributed by atoms with Crippen molar-refractivity contribution in [3.63, 3.8) is 0 Å².